The molecule has 0 bridgehead atoms. The number of hydrogen-bond acceptors (Lipinski definition) is 8. The molecule has 6 N–H and O–H groups in total. The summed E-state index contributed by atoms with van der Waals surface area (Å²) in [6.07, 6.45) is 5.66. The van der Waals surface area contributed by atoms with Gasteiger partial charge in [-0.2, -0.15) is 23.5 Å². The van der Waals surface area contributed by atoms with Crippen molar-refractivity contribution in [1.82, 2.24) is 15.5 Å². The summed E-state index contributed by atoms with van der Waals surface area (Å²) in [6.45, 7) is 0.334. The molecule has 10 nitrogen and oxygen atoms in total. The average Bonchev–Trinajstić information content (AvgIpc) is 3.35. The lowest BCUT2D eigenvalue weighted by Crippen LogP contribution is -2.57. The van der Waals surface area contributed by atoms with Gasteiger partial charge in [-0.25, -0.2) is 4.79 Å². The average molecular weight is 541 g/mol. The second-order valence-corrected chi connectivity index (χ2v) is 10.7. The molecular formula is C24H36N4O6S2. The molecule has 0 aliphatic carbocycles. The fraction of sp³-hybridized carbons (Fsp3) is 0.583. The van der Waals surface area contributed by atoms with Crippen molar-refractivity contribution in [2.45, 2.75) is 56.3 Å². The number of hydrogen-bond donors (Lipinski definition) is 5. The van der Waals surface area contributed by atoms with Crippen LogP contribution in [-0.2, 0) is 25.6 Å². The normalized spacial score (nSPS) is 17.8. The lowest BCUT2D eigenvalue weighted by Gasteiger charge is -2.29. The molecule has 1 saturated heterocycles. The summed E-state index contributed by atoms with van der Waals surface area (Å²) in [5.74, 6) is -1.16. The van der Waals surface area contributed by atoms with E-state index in [1.807, 2.05) is 12.5 Å². The van der Waals surface area contributed by atoms with E-state index in [1.165, 1.54) is 40.6 Å². The van der Waals surface area contributed by atoms with Crippen molar-refractivity contribution in [2.75, 3.05) is 30.6 Å². The smallest absolute Gasteiger partial charge is 0.326 e. The van der Waals surface area contributed by atoms with Crippen LogP contribution in [0.3, 0.4) is 0 Å². The Hall–Kier alpha value is -2.44. The maximum atomic E-state index is 13.2. The minimum atomic E-state index is -1.05. The standard InChI is InChI=1S/C24H36N4O6S2/c1-35-12-9-18(26-21(30)17(25)14-15-5-7-16(29)8-6-15)22(31)27-19(10-13-36-2)23(32)28-11-3-4-20(28)24(33)34/h5-8,17-20,29H,3-4,9-14,25H2,1-2H3,(H,26,30)(H,27,31)(H,33,34). The van der Waals surface area contributed by atoms with E-state index in [1.54, 1.807) is 12.1 Å². The number of rotatable bonds is 14. The number of carboxylic acids is 1. The van der Waals surface area contributed by atoms with E-state index in [0.717, 1.165) is 5.56 Å². The lowest BCUT2D eigenvalue weighted by atomic mass is 10.0. The van der Waals surface area contributed by atoms with Crippen molar-refractivity contribution in [2.24, 2.45) is 5.73 Å². The van der Waals surface area contributed by atoms with Gasteiger partial charge >= 0.3 is 5.97 Å². The van der Waals surface area contributed by atoms with Crippen molar-refractivity contribution < 1.29 is 29.4 Å². The quantitative estimate of drug-likeness (QED) is 0.230. The van der Waals surface area contributed by atoms with Gasteiger partial charge in [-0.15, -0.1) is 0 Å². The number of likely N-dealkylation sites (tertiary alicyclic amines) is 1. The molecule has 2 rings (SSSR count). The van der Waals surface area contributed by atoms with Gasteiger partial charge in [0.1, 0.15) is 23.9 Å². The second kappa shape index (κ2) is 15.0. The van der Waals surface area contributed by atoms with E-state index in [4.69, 9.17) is 5.73 Å². The van der Waals surface area contributed by atoms with Gasteiger partial charge in [-0.1, -0.05) is 12.1 Å². The topological polar surface area (TPSA) is 162 Å². The van der Waals surface area contributed by atoms with Crippen LogP contribution >= 0.6 is 23.5 Å². The van der Waals surface area contributed by atoms with Crippen molar-refractivity contribution in [3.05, 3.63) is 29.8 Å². The van der Waals surface area contributed by atoms with E-state index < -0.39 is 47.9 Å². The largest absolute Gasteiger partial charge is 0.508 e. The van der Waals surface area contributed by atoms with E-state index in [2.05, 4.69) is 10.6 Å². The van der Waals surface area contributed by atoms with Gasteiger partial charge < -0.3 is 31.5 Å². The summed E-state index contributed by atoms with van der Waals surface area (Å²) in [5, 5.41) is 24.4. The van der Waals surface area contributed by atoms with Gasteiger partial charge in [0.2, 0.25) is 17.7 Å². The zero-order valence-electron chi connectivity index (χ0n) is 20.6. The minimum absolute atomic E-state index is 0.111. The molecule has 1 heterocycles. The summed E-state index contributed by atoms with van der Waals surface area (Å²) < 4.78 is 0. The van der Waals surface area contributed by atoms with Crippen LogP contribution in [0.2, 0.25) is 0 Å². The molecule has 200 valence electrons. The van der Waals surface area contributed by atoms with E-state index in [9.17, 15) is 29.4 Å². The molecule has 0 radical (unpaired) electrons. The first kappa shape index (κ1) is 29.8. The number of carbonyl (C=O) groups is 4. The third-order valence-corrected chi connectivity index (χ3v) is 7.31. The number of nitrogens with one attached hydrogen (secondary N) is 2. The van der Waals surface area contributed by atoms with Crippen molar-refractivity contribution in [1.29, 1.82) is 0 Å². The molecule has 4 atom stereocenters. The van der Waals surface area contributed by atoms with Crippen LogP contribution in [0.4, 0.5) is 0 Å². The molecule has 1 aromatic rings. The summed E-state index contributed by atoms with van der Waals surface area (Å²) in [7, 11) is 0. The van der Waals surface area contributed by atoms with Gasteiger partial charge in [0.25, 0.3) is 0 Å². The number of phenols is 1. The van der Waals surface area contributed by atoms with Crippen LogP contribution in [-0.4, -0.2) is 93.5 Å². The Bertz CT molecular complexity index is 901. The molecule has 0 saturated carbocycles. The fourth-order valence-corrected chi connectivity index (χ4v) is 4.96. The number of phenolic OH excluding ortho intramolecular Hbond substituents is 1. The predicted octanol–water partition coefficient (Wildman–Crippen LogP) is 0.813. The monoisotopic (exact) mass is 540 g/mol. The van der Waals surface area contributed by atoms with Crippen LogP contribution in [0.5, 0.6) is 5.75 Å². The van der Waals surface area contributed by atoms with E-state index in [0.29, 0.717) is 43.7 Å². The number of carboxylic acid groups (broad SMARTS) is 1. The zero-order valence-corrected chi connectivity index (χ0v) is 22.3. The number of aliphatic carboxylic acids is 1. The first-order valence-corrected chi connectivity index (χ1v) is 14.6. The molecule has 1 aliphatic rings. The minimum Gasteiger partial charge on any atom is -0.508 e. The van der Waals surface area contributed by atoms with Gasteiger partial charge in [0.15, 0.2) is 0 Å². The van der Waals surface area contributed by atoms with Crippen molar-refractivity contribution in [3.63, 3.8) is 0 Å². The number of carbonyl (C=O) groups excluding carboxylic acids is 3. The van der Waals surface area contributed by atoms with Gasteiger partial charge in [0.05, 0.1) is 6.04 Å². The first-order chi connectivity index (χ1) is 17.2. The van der Waals surface area contributed by atoms with Crippen LogP contribution in [0, 0.1) is 0 Å². The Morgan fingerprint density at radius 3 is 2.19 bits per heavy atom. The number of nitrogens with zero attached hydrogens (tertiary/aromatic N) is 1. The molecule has 36 heavy (non-hydrogen) atoms. The number of thioether (sulfide) groups is 2. The summed E-state index contributed by atoms with van der Waals surface area (Å²) in [4.78, 5) is 52.1. The molecule has 1 fully saturated rings. The zero-order chi connectivity index (χ0) is 26.7. The number of aromatic hydroxyl groups is 1. The van der Waals surface area contributed by atoms with Gasteiger partial charge in [-0.3, -0.25) is 14.4 Å². The molecular weight excluding hydrogens is 504 g/mol. The second-order valence-electron chi connectivity index (χ2n) is 8.69. The fourth-order valence-electron chi connectivity index (χ4n) is 4.01. The molecule has 1 aliphatic heterocycles. The Morgan fingerprint density at radius 2 is 1.61 bits per heavy atom. The van der Waals surface area contributed by atoms with Crippen molar-refractivity contribution >= 4 is 47.2 Å². The Balaban J connectivity index is 2.09. The van der Waals surface area contributed by atoms with Crippen LogP contribution in [0.1, 0.15) is 31.2 Å². The van der Waals surface area contributed by atoms with E-state index in [-0.39, 0.29) is 12.2 Å². The maximum Gasteiger partial charge on any atom is 0.326 e. The maximum absolute atomic E-state index is 13.2. The molecule has 4 unspecified atom stereocenters. The van der Waals surface area contributed by atoms with E-state index >= 15 is 0 Å². The van der Waals surface area contributed by atoms with Gasteiger partial charge in [-0.05, 0) is 73.8 Å². The highest BCUT2D eigenvalue weighted by molar-refractivity contribution is 7.98. The van der Waals surface area contributed by atoms with Crippen LogP contribution < -0.4 is 16.4 Å². The summed E-state index contributed by atoms with van der Waals surface area (Å²) in [6, 6.07) is 2.78. The third-order valence-electron chi connectivity index (χ3n) is 6.02. The molecule has 0 aromatic heterocycles. The molecule has 0 spiro atoms. The van der Waals surface area contributed by atoms with Gasteiger partial charge in [0, 0.05) is 6.54 Å². The SMILES string of the molecule is CSCCC(NC(=O)C(N)Cc1ccc(O)cc1)C(=O)NC(CCSC)C(=O)N1CCCC1C(=O)O. The molecule has 1 aromatic carbocycles. The molecule has 12 heteroatoms. The number of amides is 3. The highest BCUT2D eigenvalue weighted by atomic mass is 32.2. The Kier molecular flexibility index (Phi) is 12.4. The Morgan fingerprint density at radius 1 is 1.03 bits per heavy atom. The highest BCUT2D eigenvalue weighted by Crippen LogP contribution is 2.20. The predicted molar refractivity (Wildman–Crippen MR) is 142 cm³/mol. The third kappa shape index (κ3) is 8.90. The number of nitrogens with two attached hydrogens (primary N) is 1. The summed E-state index contributed by atoms with van der Waals surface area (Å²) >= 11 is 3.04. The first-order valence-electron chi connectivity index (χ1n) is 11.8. The highest BCUT2D eigenvalue weighted by Gasteiger charge is 2.38. The van der Waals surface area contributed by atoms with Crippen molar-refractivity contribution in [3.8, 4) is 5.75 Å². The van der Waals surface area contributed by atoms with Crippen LogP contribution in [0.15, 0.2) is 24.3 Å². The number of benzene rings is 1. The lowest BCUT2D eigenvalue weighted by molar-refractivity contribution is -0.149. The summed E-state index contributed by atoms with van der Waals surface area (Å²) in [5.41, 5.74) is 6.84. The Labute approximate surface area is 220 Å². The van der Waals surface area contributed by atoms with Crippen LogP contribution in [0.25, 0.3) is 0 Å². The molecule has 3 amide bonds.